The third kappa shape index (κ3) is 3.13. The molecule has 0 saturated heterocycles. The highest BCUT2D eigenvalue weighted by atomic mass is 16.4. The number of anilines is 1. The van der Waals surface area contributed by atoms with Gasteiger partial charge in [0.05, 0.1) is 18.3 Å². The van der Waals surface area contributed by atoms with Crippen molar-refractivity contribution in [3.05, 3.63) is 47.2 Å². The van der Waals surface area contributed by atoms with E-state index < -0.39 is 5.97 Å². The van der Waals surface area contributed by atoms with Crippen LogP contribution in [0.1, 0.15) is 34.5 Å². The molecule has 0 fully saturated rings. The lowest BCUT2D eigenvalue weighted by atomic mass is 10.1. The second-order valence-corrected chi connectivity index (χ2v) is 4.26. The van der Waals surface area contributed by atoms with Crippen molar-refractivity contribution in [3.63, 3.8) is 0 Å². The van der Waals surface area contributed by atoms with E-state index in [0.717, 1.165) is 23.4 Å². The van der Waals surface area contributed by atoms with Crippen LogP contribution in [0.5, 0.6) is 0 Å². The van der Waals surface area contributed by atoms with Gasteiger partial charge in [0.1, 0.15) is 5.76 Å². The van der Waals surface area contributed by atoms with Crippen molar-refractivity contribution in [2.24, 2.45) is 0 Å². The number of nitrogens with zero attached hydrogens (tertiary/aromatic N) is 1. The zero-order valence-electron chi connectivity index (χ0n) is 10.9. The van der Waals surface area contributed by atoms with Gasteiger partial charge in [0.15, 0.2) is 0 Å². The molecule has 2 aromatic rings. The van der Waals surface area contributed by atoms with Crippen molar-refractivity contribution >= 4 is 11.7 Å². The standard InChI is InChI=1S/C14H16N2O3/c1-3-11-7-16-13(19-11)8-15-12-5-4-10(14(17)18)6-9(12)2/h4-7,15H,3,8H2,1-2H3,(H,17,18). The van der Waals surface area contributed by atoms with Crippen LogP contribution in [0.15, 0.2) is 28.8 Å². The van der Waals surface area contributed by atoms with Gasteiger partial charge in [-0.05, 0) is 30.7 Å². The topological polar surface area (TPSA) is 75.4 Å². The Labute approximate surface area is 111 Å². The number of hydrogen-bond donors (Lipinski definition) is 2. The Morgan fingerprint density at radius 3 is 2.84 bits per heavy atom. The largest absolute Gasteiger partial charge is 0.478 e. The van der Waals surface area contributed by atoms with E-state index in [4.69, 9.17) is 9.52 Å². The van der Waals surface area contributed by atoms with Crippen LogP contribution in [0.4, 0.5) is 5.69 Å². The first-order valence-corrected chi connectivity index (χ1v) is 6.11. The maximum absolute atomic E-state index is 10.8. The smallest absolute Gasteiger partial charge is 0.335 e. The molecule has 0 unspecified atom stereocenters. The van der Waals surface area contributed by atoms with Gasteiger partial charge in [-0.1, -0.05) is 6.92 Å². The van der Waals surface area contributed by atoms with Crippen molar-refractivity contribution in [1.29, 1.82) is 0 Å². The molecule has 0 aliphatic carbocycles. The summed E-state index contributed by atoms with van der Waals surface area (Å²) in [5.74, 6) is 0.559. The summed E-state index contributed by atoms with van der Waals surface area (Å²) >= 11 is 0. The lowest BCUT2D eigenvalue weighted by Crippen LogP contribution is -2.03. The van der Waals surface area contributed by atoms with Gasteiger partial charge in [-0.25, -0.2) is 9.78 Å². The molecule has 0 aliphatic rings. The second-order valence-electron chi connectivity index (χ2n) is 4.26. The number of aryl methyl sites for hydroxylation is 2. The van der Waals surface area contributed by atoms with E-state index in [0.29, 0.717) is 12.4 Å². The number of hydrogen-bond acceptors (Lipinski definition) is 4. The monoisotopic (exact) mass is 260 g/mol. The number of benzene rings is 1. The molecule has 1 aromatic carbocycles. The van der Waals surface area contributed by atoms with E-state index in [2.05, 4.69) is 10.3 Å². The quantitative estimate of drug-likeness (QED) is 0.864. The molecule has 0 amide bonds. The molecule has 0 aliphatic heterocycles. The Morgan fingerprint density at radius 2 is 2.26 bits per heavy atom. The molecule has 1 heterocycles. The van der Waals surface area contributed by atoms with Crippen LogP contribution < -0.4 is 5.32 Å². The zero-order chi connectivity index (χ0) is 13.8. The lowest BCUT2D eigenvalue weighted by Gasteiger charge is -2.08. The lowest BCUT2D eigenvalue weighted by molar-refractivity contribution is 0.0697. The third-order valence-corrected chi connectivity index (χ3v) is 2.85. The van der Waals surface area contributed by atoms with Crippen LogP contribution in [-0.2, 0) is 13.0 Å². The predicted octanol–water partition coefficient (Wildman–Crippen LogP) is 2.86. The van der Waals surface area contributed by atoms with Crippen LogP contribution in [0.3, 0.4) is 0 Å². The highest BCUT2D eigenvalue weighted by molar-refractivity contribution is 5.88. The van der Waals surface area contributed by atoms with Gasteiger partial charge in [0, 0.05) is 12.1 Å². The Kier molecular flexibility index (Phi) is 3.85. The minimum absolute atomic E-state index is 0.285. The van der Waals surface area contributed by atoms with Gasteiger partial charge in [-0.3, -0.25) is 0 Å². The summed E-state index contributed by atoms with van der Waals surface area (Å²) in [6.07, 6.45) is 2.54. The normalized spacial score (nSPS) is 10.4. The van der Waals surface area contributed by atoms with E-state index in [-0.39, 0.29) is 5.56 Å². The highest BCUT2D eigenvalue weighted by Crippen LogP contribution is 2.17. The number of nitrogens with one attached hydrogen (secondary N) is 1. The van der Waals surface area contributed by atoms with Gasteiger partial charge >= 0.3 is 5.97 Å². The van der Waals surface area contributed by atoms with Crippen LogP contribution >= 0.6 is 0 Å². The van der Waals surface area contributed by atoms with Crippen molar-refractivity contribution in [2.45, 2.75) is 26.8 Å². The molecule has 2 N–H and O–H groups in total. The molecule has 0 bridgehead atoms. The number of carboxylic acid groups (broad SMARTS) is 1. The first-order valence-electron chi connectivity index (χ1n) is 6.11. The van der Waals surface area contributed by atoms with Crippen molar-refractivity contribution in [2.75, 3.05) is 5.32 Å². The minimum atomic E-state index is -0.921. The highest BCUT2D eigenvalue weighted by Gasteiger charge is 2.07. The number of aromatic nitrogens is 1. The van der Waals surface area contributed by atoms with Crippen molar-refractivity contribution < 1.29 is 14.3 Å². The number of oxazole rings is 1. The Bertz CT molecular complexity index is 590. The molecule has 5 heteroatoms. The van der Waals surface area contributed by atoms with E-state index in [1.54, 1.807) is 24.4 Å². The summed E-state index contributed by atoms with van der Waals surface area (Å²) in [5.41, 5.74) is 2.04. The van der Waals surface area contributed by atoms with Gasteiger partial charge in [0.2, 0.25) is 5.89 Å². The first-order chi connectivity index (χ1) is 9.10. The number of carboxylic acids is 1. The van der Waals surface area contributed by atoms with Gasteiger partial charge in [0.25, 0.3) is 0 Å². The predicted molar refractivity (Wildman–Crippen MR) is 71.3 cm³/mol. The molecule has 2 rings (SSSR count). The summed E-state index contributed by atoms with van der Waals surface area (Å²) in [7, 11) is 0. The first kappa shape index (κ1) is 13.1. The molecule has 19 heavy (non-hydrogen) atoms. The van der Waals surface area contributed by atoms with Crippen LogP contribution in [0, 0.1) is 6.92 Å². The van der Waals surface area contributed by atoms with Crippen LogP contribution in [0.2, 0.25) is 0 Å². The Morgan fingerprint density at radius 1 is 1.47 bits per heavy atom. The molecule has 0 radical (unpaired) electrons. The molecule has 0 atom stereocenters. The molecule has 1 aromatic heterocycles. The van der Waals surface area contributed by atoms with Crippen molar-refractivity contribution in [3.8, 4) is 0 Å². The van der Waals surface area contributed by atoms with E-state index in [1.165, 1.54) is 0 Å². The summed E-state index contributed by atoms with van der Waals surface area (Å²) in [4.78, 5) is 15.0. The fraction of sp³-hybridized carbons (Fsp3) is 0.286. The van der Waals surface area contributed by atoms with Crippen molar-refractivity contribution in [1.82, 2.24) is 4.98 Å². The van der Waals surface area contributed by atoms with Crippen LogP contribution in [0.25, 0.3) is 0 Å². The maximum Gasteiger partial charge on any atom is 0.335 e. The van der Waals surface area contributed by atoms with E-state index >= 15 is 0 Å². The second kappa shape index (κ2) is 5.56. The Hall–Kier alpha value is -2.30. The average Bonchev–Trinajstić information content (AvgIpc) is 2.85. The van der Waals surface area contributed by atoms with Crippen LogP contribution in [-0.4, -0.2) is 16.1 Å². The fourth-order valence-electron chi connectivity index (χ4n) is 1.76. The average molecular weight is 260 g/mol. The minimum Gasteiger partial charge on any atom is -0.478 e. The summed E-state index contributed by atoms with van der Waals surface area (Å²) in [6, 6.07) is 4.96. The number of aromatic carboxylic acids is 1. The summed E-state index contributed by atoms with van der Waals surface area (Å²) < 4.78 is 5.49. The fourth-order valence-corrected chi connectivity index (χ4v) is 1.76. The number of rotatable bonds is 5. The molecule has 0 spiro atoms. The van der Waals surface area contributed by atoms with E-state index in [9.17, 15) is 4.79 Å². The van der Waals surface area contributed by atoms with Gasteiger partial charge < -0.3 is 14.8 Å². The maximum atomic E-state index is 10.8. The van der Waals surface area contributed by atoms with Gasteiger partial charge in [-0.2, -0.15) is 0 Å². The molecule has 0 saturated carbocycles. The molecule has 5 nitrogen and oxygen atoms in total. The Balaban J connectivity index is 2.05. The zero-order valence-corrected chi connectivity index (χ0v) is 10.9. The third-order valence-electron chi connectivity index (χ3n) is 2.85. The SMILES string of the molecule is CCc1cnc(CNc2ccc(C(=O)O)cc2C)o1. The van der Waals surface area contributed by atoms with E-state index in [1.807, 2.05) is 13.8 Å². The number of carbonyl (C=O) groups is 1. The molecule has 100 valence electrons. The molecular weight excluding hydrogens is 244 g/mol. The van der Waals surface area contributed by atoms with Gasteiger partial charge in [-0.15, -0.1) is 0 Å². The molecular formula is C14H16N2O3. The summed E-state index contributed by atoms with van der Waals surface area (Å²) in [6.45, 7) is 4.35. The summed E-state index contributed by atoms with van der Waals surface area (Å²) in [5, 5.41) is 12.1.